The summed E-state index contributed by atoms with van der Waals surface area (Å²) in [6.07, 6.45) is 9.08. The number of rotatable bonds is 2. The minimum atomic E-state index is -0.474. The summed E-state index contributed by atoms with van der Waals surface area (Å²) in [6.45, 7) is 14.9. The molecule has 2 aromatic rings. The van der Waals surface area contributed by atoms with E-state index in [-0.39, 0.29) is 48.6 Å². The van der Waals surface area contributed by atoms with E-state index in [1.54, 1.807) is 6.92 Å². The molecule has 0 aliphatic carbocycles. The van der Waals surface area contributed by atoms with Crippen LogP contribution in [0.3, 0.4) is 0 Å². The van der Waals surface area contributed by atoms with Crippen LogP contribution in [0.15, 0.2) is 12.7 Å². The summed E-state index contributed by atoms with van der Waals surface area (Å²) >= 11 is 17.2. The van der Waals surface area contributed by atoms with Gasteiger partial charge in [0.15, 0.2) is 0 Å². The van der Waals surface area contributed by atoms with Crippen LogP contribution < -0.4 is 4.74 Å². The molecule has 0 aromatic carbocycles. The highest BCUT2D eigenvalue weighted by atomic mass is 35.5. The van der Waals surface area contributed by atoms with Crippen LogP contribution in [0.2, 0.25) is 15.5 Å². The van der Waals surface area contributed by atoms with E-state index in [9.17, 15) is 14.7 Å². The number of hydrogen-bond donors (Lipinski definition) is 1. The summed E-state index contributed by atoms with van der Waals surface area (Å²) in [6, 6.07) is 0.703. The van der Waals surface area contributed by atoms with Crippen molar-refractivity contribution in [1.82, 2.24) is 29.7 Å². The van der Waals surface area contributed by atoms with Gasteiger partial charge in [-0.25, -0.2) is 29.5 Å². The van der Waals surface area contributed by atoms with Crippen LogP contribution in [-0.2, 0) is 9.47 Å². The molecule has 4 saturated heterocycles. The standard InChI is InChI=1S/C17H24ClN3O3.C12H21NO3.C5H4Cl2N2/c1-10-14(18)19-9-20-15(10)23-13-7-11-5-6-12(8-13)21(11)16(22)24-17(2,3)4;1-12(2,3)16-11(15)13-8-4-5-9(13)7-10(14)6-8;1-3-4(6)8-2-9-5(3)7/h9,11-13H,5-8H2,1-4H3;8-10,14H,4-7H2,1-3H3;2H,1H3/t11-,12-;8-,9-;/m00./s1. The van der Waals surface area contributed by atoms with Crippen LogP contribution in [0.4, 0.5) is 9.59 Å². The third-order valence-corrected chi connectivity index (χ3v) is 9.97. The molecule has 0 saturated carbocycles. The minimum Gasteiger partial charge on any atom is -0.474 e. The number of hydrogen-bond acceptors (Lipinski definition) is 10. The zero-order valence-corrected chi connectivity index (χ0v) is 31.8. The first-order chi connectivity index (χ1) is 22.8. The fraction of sp³-hybridized carbons (Fsp3) is 0.706. The van der Waals surface area contributed by atoms with Gasteiger partial charge in [0.05, 0.1) is 6.10 Å². The molecular formula is C34H49Cl3N6O6. The summed E-state index contributed by atoms with van der Waals surface area (Å²) in [5.74, 6) is 0.533. The van der Waals surface area contributed by atoms with E-state index in [2.05, 4.69) is 19.9 Å². The van der Waals surface area contributed by atoms with Crippen molar-refractivity contribution in [3.05, 3.63) is 39.2 Å². The Labute approximate surface area is 304 Å². The van der Waals surface area contributed by atoms with Crippen LogP contribution in [0, 0.1) is 13.8 Å². The lowest BCUT2D eigenvalue weighted by Crippen LogP contribution is -2.50. The Morgan fingerprint density at radius 3 is 1.43 bits per heavy atom. The summed E-state index contributed by atoms with van der Waals surface area (Å²) in [7, 11) is 0. The first-order valence-corrected chi connectivity index (χ1v) is 17.9. The van der Waals surface area contributed by atoms with Crippen LogP contribution in [0.5, 0.6) is 5.88 Å². The molecule has 4 fully saturated rings. The van der Waals surface area contributed by atoms with E-state index in [0.29, 0.717) is 34.2 Å². The molecule has 49 heavy (non-hydrogen) atoms. The molecule has 0 spiro atoms. The third kappa shape index (κ3) is 10.7. The zero-order valence-electron chi connectivity index (χ0n) is 29.6. The number of amides is 2. The number of nitrogens with zero attached hydrogens (tertiary/aromatic N) is 6. The van der Waals surface area contributed by atoms with Crippen LogP contribution >= 0.6 is 34.8 Å². The molecule has 1 N–H and O–H groups in total. The molecule has 12 nitrogen and oxygen atoms in total. The first kappa shape index (κ1) is 39.1. The van der Waals surface area contributed by atoms with Gasteiger partial charge in [-0.05, 0) is 93.9 Å². The lowest BCUT2D eigenvalue weighted by molar-refractivity contribution is -0.0114. The molecule has 4 atom stereocenters. The Kier molecular flexibility index (Phi) is 12.9. The molecule has 6 rings (SSSR count). The van der Waals surface area contributed by atoms with Crippen molar-refractivity contribution in [2.45, 2.75) is 154 Å². The van der Waals surface area contributed by atoms with E-state index >= 15 is 0 Å². The van der Waals surface area contributed by atoms with E-state index in [1.165, 1.54) is 12.7 Å². The number of fused-ring (bicyclic) bond motifs is 4. The predicted molar refractivity (Wildman–Crippen MR) is 187 cm³/mol. The van der Waals surface area contributed by atoms with Gasteiger partial charge < -0.3 is 29.1 Å². The number of ether oxygens (including phenoxy) is 3. The van der Waals surface area contributed by atoms with Gasteiger partial charge in [-0.1, -0.05) is 34.8 Å². The average Bonchev–Trinajstić information content (AvgIpc) is 3.42. The van der Waals surface area contributed by atoms with E-state index in [1.807, 2.05) is 58.3 Å². The van der Waals surface area contributed by atoms with Gasteiger partial charge in [-0.3, -0.25) is 0 Å². The van der Waals surface area contributed by atoms with Crippen molar-refractivity contribution in [2.75, 3.05) is 0 Å². The summed E-state index contributed by atoms with van der Waals surface area (Å²) in [4.78, 5) is 43.8. The molecule has 272 valence electrons. The van der Waals surface area contributed by atoms with Crippen LogP contribution in [-0.4, -0.2) is 94.6 Å². The third-order valence-electron chi connectivity index (χ3n) is 8.82. The number of aromatic nitrogens is 4. The molecule has 4 aliphatic heterocycles. The zero-order chi connectivity index (χ0) is 36.3. The number of halogens is 3. The van der Waals surface area contributed by atoms with Crippen LogP contribution in [0.25, 0.3) is 0 Å². The molecular weight excluding hydrogens is 695 g/mol. The molecule has 0 unspecified atom stereocenters. The number of piperidine rings is 2. The maximum absolute atomic E-state index is 12.5. The Bertz CT molecular complexity index is 1420. The fourth-order valence-corrected chi connectivity index (χ4v) is 7.14. The summed E-state index contributed by atoms with van der Waals surface area (Å²) in [5, 5.41) is 10.9. The second-order valence-electron chi connectivity index (χ2n) is 15.1. The number of carbonyl (C=O) groups is 2. The van der Waals surface area contributed by atoms with E-state index in [4.69, 9.17) is 49.0 Å². The van der Waals surface area contributed by atoms with Gasteiger partial charge in [0.25, 0.3) is 0 Å². The summed E-state index contributed by atoms with van der Waals surface area (Å²) < 4.78 is 17.0. The van der Waals surface area contributed by atoms with Gasteiger partial charge in [-0.15, -0.1) is 0 Å². The monoisotopic (exact) mass is 742 g/mol. The van der Waals surface area contributed by atoms with Crippen molar-refractivity contribution in [2.24, 2.45) is 0 Å². The highest BCUT2D eigenvalue weighted by Gasteiger charge is 2.46. The molecule has 6 heterocycles. The fourth-order valence-electron chi connectivity index (χ4n) is 6.70. The van der Waals surface area contributed by atoms with Crippen molar-refractivity contribution >= 4 is 47.0 Å². The molecule has 15 heteroatoms. The Morgan fingerprint density at radius 2 is 1.04 bits per heavy atom. The van der Waals surface area contributed by atoms with E-state index < -0.39 is 11.2 Å². The topological polar surface area (TPSA) is 140 Å². The van der Waals surface area contributed by atoms with Gasteiger partial charge in [0, 0.05) is 48.1 Å². The molecule has 4 aliphatic rings. The van der Waals surface area contributed by atoms with Gasteiger partial charge in [-0.2, -0.15) is 0 Å². The predicted octanol–water partition coefficient (Wildman–Crippen LogP) is 7.75. The Hall–Kier alpha value is -2.67. The van der Waals surface area contributed by atoms with Crippen molar-refractivity contribution in [3.63, 3.8) is 0 Å². The van der Waals surface area contributed by atoms with Gasteiger partial charge >= 0.3 is 12.2 Å². The van der Waals surface area contributed by atoms with Crippen molar-refractivity contribution < 1.29 is 28.9 Å². The second-order valence-corrected chi connectivity index (χ2v) is 16.1. The Morgan fingerprint density at radius 1 is 0.673 bits per heavy atom. The van der Waals surface area contributed by atoms with Crippen LogP contribution in [0.1, 0.15) is 104 Å². The lowest BCUT2D eigenvalue weighted by atomic mass is 10.00. The first-order valence-electron chi connectivity index (χ1n) is 16.8. The van der Waals surface area contributed by atoms with E-state index in [0.717, 1.165) is 49.7 Å². The maximum Gasteiger partial charge on any atom is 0.410 e. The number of aliphatic hydroxyl groups excluding tert-OH is 1. The minimum absolute atomic E-state index is 0.0332. The number of aliphatic hydroxyl groups is 1. The smallest absolute Gasteiger partial charge is 0.410 e. The highest BCUT2D eigenvalue weighted by molar-refractivity contribution is 6.34. The lowest BCUT2D eigenvalue weighted by Gasteiger charge is -2.39. The second kappa shape index (κ2) is 16.1. The van der Waals surface area contributed by atoms with Crippen molar-refractivity contribution in [1.29, 1.82) is 0 Å². The quantitative estimate of drug-likeness (QED) is 0.304. The van der Waals surface area contributed by atoms with Gasteiger partial charge in [0.2, 0.25) is 5.88 Å². The maximum atomic E-state index is 12.5. The average molecular weight is 744 g/mol. The Balaban J connectivity index is 0.000000185. The normalized spacial score (nSPS) is 25.8. The van der Waals surface area contributed by atoms with Gasteiger partial charge in [0.1, 0.15) is 45.4 Å². The SMILES string of the molecule is CC(C)(C)OC(=O)N1[C@H]2CC[C@H]1CC(O)C2.Cc1c(Cl)ncnc1Cl.Cc1c(Cl)ncnc1OC1C[C@@H]2CC[C@@H](C1)N2C(=O)OC(C)(C)C. The summed E-state index contributed by atoms with van der Waals surface area (Å²) in [5.41, 5.74) is 0.563. The molecule has 4 bridgehead atoms. The largest absolute Gasteiger partial charge is 0.474 e. The molecule has 2 amide bonds. The highest BCUT2D eigenvalue weighted by Crippen LogP contribution is 2.39. The van der Waals surface area contributed by atoms with Crippen molar-refractivity contribution in [3.8, 4) is 5.88 Å². The number of carbonyl (C=O) groups excluding carboxylic acids is 2. The molecule has 2 aromatic heterocycles. The molecule has 0 radical (unpaired) electrons.